The molecule has 0 spiro atoms. The van der Waals surface area contributed by atoms with Crippen LogP contribution in [0, 0.1) is 0 Å². The van der Waals surface area contributed by atoms with Gasteiger partial charge in [0, 0.05) is 12.0 Å². The number of hydrogen-bond acceptors (Lipinski definition) is 7. The Hall–Kier alpha value is -4.20. The normalized spacial score (nSPS) is 20.9. The van der Waals surface area contributed by atoms with E-state index >= 15 is 0 Å². The van der Waals surface area contributed by atoms with Gasteiger partial charge in [0.15, 0.2) is 11.5 Å². The second-order valence-electron chi connectivity index (χ2n) is 8.39. The van der Waals surface area contributed by atoms with E-state index in [0.29, 0.717) is 23.3 Å². The summed E-state index contributed by atoms with van der Waals surface area (Å²) in [6, 6.07) is 12.3. The molecule has 2 N–H and O–H groups in total. The van der Waals surface area contributed by atoms with Crippen LogP contribution in [0.3, 0.4) is 0 Å². The summed E-state index contributed by atoms with van der Waals surface area (Å²) in [5.41, 5.74) is 1.80. The fourth-order valence-corrected chi connectivity index (χ4v) is 4.55. The van der Waals surface area contributed by atoms with Gasteiger partial charge in [0.1, 0.15) is 23.4 Å². The lowest BCUT2D eigenvalue weighted by Crippen LogP contribution is -2.29. The molecule has 174 valence electrons. The van der Waals surface area contributed by atoms with E-state index in [1.165, 1.54) is 24.3 Å². The Labute approximate surface area is 195 Å². The molecule has 0 radical (unpaired) electrons. The summed E-state index contributed by atoms with van der Waals surface area (Å²) >= 11 is 0. The van der Waals surface area contributed by atoms with Gasteiger partial charge in [0.25, 0.3) is 11.7 Å². The lowest BCUT2D eigenvalue weighted by Gasteiger charge is -2.25. The molecule has 3 aromatic rings. The molecular formula is C26H23NO7. The summed E-state index contributed by atoms with van der Waals surface area (Å²) < 4.78 is 16.4. The largest absolute Gasteiger partial charge is 0.507 e. The highest BCUT2D eigenvalue weighted by Crippen LogP contribution is 2.43. The predicted molar refractivity (Wildman–Crippen MR) is 121 cm³/mol. The standard InChI is InChI=1S/C26H23NO7/c1-14-10-17-11-16(6-8-20(17)34-14)24(29)22-23(15-5-7-19(28)21(12-15)32-2)27(26(31)25(22)30)13-18-4-3-9-33-18/h3-9,11-12,14,23,28-29H,10,13H2,1-2H3/t14-,23+/m1/s1. The second-order valence-corrected chi connectivity index (χ2v) is 8.39. The zero-order chi connectivity index (χ0) is 24.0. The molecule has 1 fully saturated rings. The van der Waals surface area contributed by atoms with Gasteiger partial charge in [0.05, 0.1) is 31.5 Å². The number of aliphatic hydroxyl groups excluding tert-OH is 1. The fourth-order valence-electron chi connectivity index (χ4n) is 4.55. The first kappa shape index (κ1) is 21.6. The van der Waals surface area contributed by atoms with Crippen LogP contribution in [0.25, 0.3) is 5.76 Å². The van der Waals surface area contributed by atoms with Crippen LogP contribution in [0.15, 0.2) is 64.8 Å². The number of hydrogen-bond donors (Lipinski definition) is 2. The van der Waals surface area contributed by atoms with Crippen LogP contribution in [0.4, 0.5) is 0 Å². The third-order valence-corrected chi connectivity index (χ3v) is 6.14. The molecule has 0 unspecified atom stereocenters. The first-order valence-electron chi connectivity index (χ1n) is 10.8. The first-order valence-corrected chi connectivity index (χ1v) is 10.8. The molecule has 2 atom stereocenters. The maximum absolute atomic E-state index is 13.2. The molecule has 1 aromatic heterocycles. The van der Waals surface area contributed by atoms with Gasteiger partial charge in [-0.15, -0.1) is 0 Å². The van der Waals surface area contributed by atoms with Crippen molar-refractivity contribution in [3.8, 4) is 17.2 Å². The van der Waals surface area contributed by atoms with Gasteiger partial charge in [0.2, 0.25) is 0 Å². The topological polar surface area (TPSA) is 109 Å². The summed E-state index contributed by atoms with van der Waals surface area (Å²) in [7, 11) is 1.41. The van der Waals surface area contributed by atoms with Crippen molar-refractivity contribution in [1.29, 1.82) is 0 Å². The van der Waals surface area contributed by atoms with Crippen molar-refractivity contribution in [2.24, 2.45) is 0 Å². The lowest BCUT2D eigenvalue weighted by molar-refractivity contribution is -0.140. The Morgan fingerprint density at radius 2 is 2.00 bits per heavy atom. The SMILES string of the molecule is COc1cc([C@H]2C(=C(O)c3ccc4c(c3)C[C@@H](C)O4)C(=O)C(=O)N2Cc2ccco2)ccc1O. The van der Waals surface area contributed by atoms with E-state index in [9.17, 15) is 19.8 Å². The van der Waals surface area contributed by atoms with E-state index in [1.807, 2.05) is 6.92 Å². The number of aromatic hydroxyl groups is 1. The van der Waals surface area contributed by atoms with E-state index in [4.69, 9.17) is 13.9 Å². The molecular weight excluding hydrogens is 438 g/mol. The predicted octanol–water partition coefficient (Wildman–Crippen LogP) is 3.94. The molecule has 8 heteroatoms. The number of aliphatic hydroxyl groups is 1. The van der Waals surface area contributed by atoms with Crippen LogP contribution in [-0.2, 0) is 22.6 Å². The number of carbonyl (C=O) groups excluding carboxylic acids is 2. The van der Waals surface area contributed by atoms with Gasteiger partial charge in [-0.2, -0.15) is 0 Å². The summed E-state index contributed by atoms with van der Waals surface area (Å²) in [6.45, 7) is 1.98. The first-order chi connectivity index (χ1) is 16.4. The molecule has 2 aliphatic rings. The summed E-state index contributed by atoms with van der Waals surface area (Å²) in [4.78, 5) is 27.7. The Morgan fingerprint density at radius 3 is 2.74 bits per heavy atom. The highest BCUT2D eigenvalue weighted by Gasteiger charge is 2.46. The number of fused-ring (bicyclic) bond motifs is 1. The van der Waals surface area contributed by atoms with Gasteiger partial charge in [-0.25, -0.2) is 0 Å². The van der Waals surface area contributed by atoms with Crippen LogP contribution in [-0.4, -0.2) is 40.0 Å². The third kappa shape index (κ3) is 3.57. The van der Waals surface area contributed by atoms with Gasteiger partial charge >= 0.3 is 0 Å². The zero-order valence-electron chi connectivity index (χ0n) is 18.6. The summed E-state index contributed by atoms with van der Waals surface area (Å²) in [5, 5.41) is 21.4. The average Bonchev–Trinajstić information content (AvgIpc) is 3.53. The van der Waals surface area contributed by atoms with E-state index < -0.39 is 17.7 Å². The van der Waals surface area contributed by atoms with Crippen molar-refractivity contribution in [2.75, 3.05) is 7.11 Å². The number of benzene rings is 2. The van der Waals surface area contributed by atoms with E-state index in [-0.39, 0.29) is 35.5 Å². The summed E-state index contributed by atoms with van der Waals surface area (Å²) in [5.74, 6) is -0.505. The number of amides is 1. The highest BCUT2D eigenvalue weighted by molar-refractivity contribution is 6.46. The molecule has 3 heterocycles. The third-order valence-electron chi connectivity index (χ3n) is 6.14. The quantitative estimate of drug-likeness (QED) is 0.336. The molecule has 8 nitrogen and oxygen atoms in total. The molecule has 34 heavy (non-hydrogen) atoms. The summed E-state index contributed by atoms with van der Waals surface area (Å²) in [6.07, 6.45) is 2.19. The Bertz CT molecular complexity index is 1310. The molecule has 5 rings (SSSR count). The van der Waals surface area contributed by atoms with Gasteiger partial charge < -0.3 is 29.0 Å². The number of carbonyl (C=O) groups is 2. The van der Waals surface area contributed by atoms with Crippen LogP contribution in [0.1, 0.15) is 35.4 Å². The Balaban J connectivity index is 1.65. The molecule has 0 aliphatic carbocycles. The van der Waals surface area contributed by atoms with Gasteiger partial charge in [-0.1, -0.05) is 6.07 Å². The van der Waals surface area contributed by atoms with Crippen molar-refractivity contribution < 1.29 is 33.7 Å². The lowest BCUT2D eigenvalue weighted by atomic mass is 9.94. The average molecular weight is 461 g/mol. The zero-order valence-corrected chi connectivity index (χ0v) is 18.6. The number of phenolic OH excluding ortho intramolecular Hbond substituents is 1. The highest BCUT2D eigenvalue weighted by atomic mass is 16.5. The molecule has 2 aromatic carbocycles. The number of nitrogens with zero attached hydrogens (tertiary/aromatic N) is 1. The molecule has 0 bridgehead atoms. The number of likely N-dealkylation sites (tertiary alicyclic amines) is 1. The molecule has 1 saturated heterocycles. The Kier molecular flexibility index (Phi) is 5.28. The second kappa shape index (κ2) is 8.30. The van der Waals surface area contributed by atoms with Gasteiger partial charge in [-0.3, -0.25) is 9.59 Å². The smallest absolute Gasteiger partial charge is 0.296 e. The fraction of sp³-hybridized carbons (Fsp3) is 0.231. The van der Waals surface area contributed by atoms with Crippen LogP contribution >= 0.6 is 0 Å². The molecule has 1 amide bonds. The minimum absolute atomic E-state index is 0.0238. The number of phenols is 1. The van der Waals surface area contributed by atoms with Crippen LogP contribution in [0.2, 0.25) is 0 Å². The van der Waals surface area contributed by atoms with Crippen molar-refractivity contribution in [3.63, 3.8) is 0 Å². The number of Topliss-reactive ketones (excluding diaryl/α,β-unsaturated/α-hetero) is 1. The van der Waals surface area contributed by atoms with Crippen LogP contribution < -0.4 is 9.47 Å². The number of methoxy groups -OCH3 is 1. The van der Waals surface area contributed by atoms with E-state index in [2.05, 4.69) is 0 Å². The van der Waals surface area contributed by atoms with Crippen molar-refractivity contribution >= 4 is 17.4 Å². The minimum atomic E-state index is -0.914. The van der Waals surface area contributed by atoms with Crippen molar-refractivity contribution in [2.45, 2.75) is 32.0 Å². The van der Waals surface area contributed by atoms with Crippen molar-refractivity contribution in [1.82, 2.24) is 4.90 Å². The number of ether oxygens (including phenoxy) is 2. The maximum Gasteiger partial charge on any atom is 0.296 e. The number of rotatable bonds is 5. The monoisotopic (exact) mass is 461 g/mol. The minimum Gasteiger partial charge on any atom is -0.507 e. The Morgan fingerprint density at radius 1 is 1.18 bits per heavy atom. The molecule has 0 saturated carbocycles. The molecule has 2 aliphatic heterocycles. The van der Waals surface area contributed by atoms with E-state index in [0.717, 1.165) is 11.3 Å². The van der Waals surface area contributed by atoms with E-state index in [1.54, 1.807) is 42.5 Å². The van der Waals surface area contributed by atoms with Crippen molar-refractivity contribution in [3.05, 3.63) is 82.8 Å². The van der Waals surface area contributed by atoms with Gasteiger partial charge in [-0.05, 0) is 60.5 Å². The number of furan rings is 1. The maximum atomic E-state index is 13.2. The number of ketones is 1. The van der Waals surface area contributed by atoms with Crippen LogP contribution in [0.5, 0.6) is 17.2 Å².